The Morgan fingerprint density at radius 1 is 1.46 bits per heavy atom. The van der Waals surface area contributed by atoms with Gasteiger partial charge in [-0.05, 0) is 18.6 Å². The Morgan fingerprint density at radius 3 is 3.00 bits per heavy atom. The largest absolute Gasteiger partial charge is 0.438 e. The van der Waals surface area contributed by atoms with Crippen molar-refractivity contribution in [2.45, 2.75) is 6.92 Å². The summed E-state index contributed by atoms with van der Waals surface area (Å²) in [6.07, 6.45) is 1.45. The number of nitrogens with zero attached hydrogens (tertiary/aromatic N) is 1. The van der Waals surface area contributed by atoms with E-state index >= 15 is 0 Å². The first-order valence-electron chi connectivity index (χ1n) is 3.88. The van der Waals surface area contributed by atoms with Crippen LogP contribution in [0.3, 0.4) is 0 Å². The van der Waals surface area contributed by atoms with E-state index in [1.54, 1.807) is 6.07 Å². The first-order valence-corrected chi connectivity index (χ1v) is 3.88. The third-order valence-corrected chi connectivity index (χ3v) is 1.92. The third kappa shape index (κ3) is 1.25. The molecule has 0 N–H and O–H groups in total. The van der Waals surface area contributed by atoms with Crippen LogP contribution in [0.25, 0.3) is 11.0 Å². The Bertz CT molecular complexity index is 493. The molecule has 1 aromatic heterocycles. The number of aliphatic imine (C=N–C) groups is 1. The fourth-order valence-electron chi connectivity index (χ4n) is 1.29. The van der Waals surface area contributed by atoms with Crippen molar-refractivity contribution in [3.63, 3.8) is 0 Å². The third-order valence-electron chi connectivity index (χ3n) is 1.92. The van der Waals surface area contributed by atoms with Gasteiger partial charge in [-0.3, -0.25) is 0 Å². The Hall–Kier alpha value is -1.86. The van der Waals surface area contributed by atoms with E-state index in [2.05, 4.69) is 4.99 Å². The zero-order chi connectivity index (χ0) is 9.26. The summed E-state index contributed by atoms with van der Waals surface area (Å²) < 4.78 is 5.26. The van der Waals surface area contributed by atoms with Crippen LogP contribution in [0.1, 0.15) is 5.56 Å². The van der Waals surface area contributed by atoms with Gasteiger partial charge in [-0.15, -0.1) is 4.99 Å². The number of isocyanates is 1. The molecule has 64 valence electrons. The minimum atomic E-state index is 0.305. The van der Waals surface area contributed by atoms with Crippen molar-refractivity contribution < 1.29 is 9.21 Å². The van der Waals surface area contributed by atoms with E-state index in [1.807, 2.05) is 25.1 Å². The number of rotatable bonds is 1. The smallest absolute Gasteiger partial charge is 0.243 e. The van der Waals surface area contributed by atoms with Crippen molar-refractivity contribution in [1.29, 1.82) is 0 Å². The second kappa shape index (κ2) is 2.88. The van der Waals surface area contributed by atoms with E-state index in [0.29, 0.717) is 5.88 Å². The SMILES string of the molecule is Cc1cccc2oc(N=C=O)cc12. The monoisotopic (exact) mass is 173 g/mol. The molecule has 0 saturated carbocycles. The number of furan rings is 1. The summed E-state index contributed by atoms with van der Waals surface area (Å²) in [5, 5.41) is 0.983. The summed E-state index contributed by atoms with van der Waals surface area (Å²) in [7, 11) is 0. The lowest BCUT2D eigenvalue weighted by atomic mass is 10.1. The van der Waals surface area contributed by atoms with Crippen molar-refractivity contribution >= 4 is 22.9 Å². The average Bonchev–Trinajstić information content (AvgIpc) is 2.49. The van der Waals surface area contributed by atoms with E-state index in [4.69, 9.17) is 4.42 Å². The normalized spacial score (nSPS) is 9.92. The minimum Gasteiger partial charge on any atom is -0.438 e. The van der Waals surface area contributed by atoms with Crippen molar-refractivity contribution in [1.82, 2.24) is 0 Å². The van der Waals surface area contributed by atoms with Gasteiger partial charge in [-0.25, -0.2) is 4.79 Å². The van der Waals surface area contributed by atoms with Crippen LogP contribution < -0.4 is 0 Å². The lowest BCUT2D eigenvalue weighted by Crippen LogP contribution is -1.69. The summed E-state index contributed by atoms with van der Waals surface area (Å²) in [4.78, 5) is 13.4. The lowest BCUT2D eigenvalue weighted by Gasteiger charge is -1.90. The molecular formula is C10H7NO2. The molecule has 1 aromatic carbocycles. The molecule has 0 fully saturated rings. The molecule has 13 heavy (non-hydrogen) atoms. The molecule has 3 heteroatoms. The fourth-order valence-corrected chi connectivity index (χ4v) is 1.29. The van der Waals surface area contributed by atoms with Gasteiger partial charge in [-0.1, -0.05) is 12.1 Å². The van der Waals surface area contributed by atoms with Crippen molar-refractivity contribution in [3.8, 4) is 0 Å². The van der Waals surface area contributed by atoms with Crippen LogP contribution in [0.2, 0.25) is 0 Å². The topological polar surface area (TPSA) is 42.6 Å². The molecule has 0 spiro atoms. The maximum Gasteiger partial charge on any atom is 0.243 e. The van der Waals surface area contributed by atoms with Gasteiger partial charge in [0.25, 0.3) is 0 Å². The van der Waals surface area contributed by atoms with E-state index in [1.165, 1.54) is 6.08 Å². The maximum absolute atomic E-state index is 9.98. The summed E-state index contributed by atoms with van der Waals surface area (Å²) in [5.74, 6) is 0.305. The van der Waals surface area contributed by atoms with Gasteiger partial charge in [0, 0.05) is 11.5 Å². The highest BCUT2D eigenvalue weighted by atomic mass is 16.3. The maximum atomic E-state index is 9.98. The molecule has 2 rings (SSSR count). The second-order valence-corrected chi connectivity index (χ2v) is 2.77. The van der Waals surface area contributed by atoms with E-state index in [-0.39, 0.29) is 0 Å². The van der Waals surface area contributed by atoms with Crippen LogP contribution in [0.15, 0.2) is 33.7 Å². The number of carbonyl (C=O) groups excluding carboxylic acids is 1. The zero-order valence-electron chi connectivity index (χ0n) is 7.07. The Labute approximate surface area is 74.7 Å². The van der Waals surface area contributed by atoms with Gasteiger partial charge in [0.2, 0.25) is 12.0 Å². The van der Waals surface area contributed by atoms with Crippen LogP contribution in [0, 0.1) is 6.92 Å². The van der Waals surface area contributed by atoms with Gasteiger partial charge in [0.15, 0.2) is 0 Å². The molecule has 2 aromatic rings. The van der Waals surface area contributed by atoms with Crippen molar-refractivity contribution in [2.75, 3.05) is 0 Å². The Morgan fingerprint density at radius 2 is 2.31 bits per heavy atom. The molecule has 1 heterocycles. The van der Waals surface area contributed by atoms with Gasteiger partial charge in [0.1, 0.15) is 5.58 Å². The van der Waals surface area contributed by atoms with Gasteiger partial charge in [-0.2, -0.15) is 0 Å². The van der Waals surface area contributed by atoms with Crippen molar-refractivity contribution in [2.24, 2.45) is 4.99 Å². The number of hydrogen-bond donors (Lipinski definition) is 0. The van der Waals surface area contributed by atoms with Crippen LogP contribution >= 0.6 is 0 Å². The molecule has 0 amide bonds. The molecular weight excluding hydrogens is 166 g/mol. The summed E-state index contributed by atoms with van der Waals surface area (Å²) in [5.41, 5.74) is 1.85. The predicted octanol–water partition coefficient (Wildman–Crippen LogP) is 2.71. The Balaban J connectivity index is 2.75. The molecule has 0 aliphatic heterocycles. The molecule has 0 bridgehead atoms. The first kappa shape index (κ1) is 7.77. The number of fused-ring (bicyclic) bond motifs is 1. The highest BCUT2D eigenvalue weighted by molar-refractivity contribution is 5.83. The number of aryl methyl sites for hydroxylation is 1. The molecule has 0 aliphatic carbocycles. The number of hydrogen-bond acceptors (Lipinski definition) is 3. The molecule has 0 radical (unpaired) electrons. The molecule has 0 atom stereocenters. The van der Waals surface area contributed by atoms with Gasteiger partial charge >= 0.3 is 0 Å². The van der Waals surface area contributed by atoms with Gasteiger partial charge in [0.05, 0.1) is 0 Å². The molecule has 0 unspecified atom stereocenters. The van der Waals surface area contributed by atoms with Gasteiger partial charge < -0.3 is 4.42 Å². The molecule has 0 saturated heterocycles. The fraction of sp³-hybridized carbons (Fsp3) is 0.100. The highest BCUT2D eigenvalue weighted by Gasteiger charge is 2.03. The molecule has 0 aliphatic rings. The van der Waals surface area contributed by atoms with E-state index < -0.39 is 0 Å². The van der Waals surface area contributed by atoms with Crippen LogP contribution in [-0.4, -0.2) is 6.08 Å². The molecule has 3 nitrogen and oxygen atoms in total. The second-order valence-electron chi connectivity index (χ2n) is 2.77. The average molecular weight is 173 g/mol. The number of benzene rings is 1. The summed E-state index contributed by atoms with van der Waals surface area (Å²) in [6, 6.07) is 7.45. The quantitative estimate of drug-likeness (QED) is 0.491. The minimum absolute atomic E-state index is 0.305. The lowest BCUT2D eigenvalue weighted by molar-refractivity contribution is 0.561. The standard InChI is InChI=1S/C10H7NO2/c1-7-3-2-4-9-8(7)5-10(13-9)11-6-12/h2-5H,1H3. The predicted molar refractivity (Wildman–Crippen MR) is 48.7 cm³/mol. The Kier molecular flexibility index (Phi) is 1.72. The summed E-state index contributed by atoms with van der Waals surface area (Å²) in [6.45, 7) is 1.98. The summed E-state index contributed by atoms with van der Waals surface area (Å²) >= 11 is 0. The van der Waals surface area contributed by atoms with Crippen LogP contribution in [-0.2, 0) is 4.79 Å². The first-order chi connectivity index (χ1) is 6.31. The van der Waals surface area contributed by atoms with E-state index in [0.717, 1.165) is 16.5 Å². The van der Waals surface area contributed by atoms with Crippen molar-refractivity contribution in [3.05, 3.63) is 29.8 Å². The van der Waals surface area contributed by atoms with Crippen LogP contribution in [0.5, 0.6) is 0 Å². The van der Waals surface area contributed by atoms with E-state index in [9.17, 15) is 4.79 Å². The highest BCUT2D eigenvalue weighted by Crippen LogP contribution is 2.26. The zero-order valence-corrected chi connectivity index (χ0v) is 7.07. The van der Waals surface area contributed by atoms with Crippen LogP contribution in [0.4, 0.5) is 5.88 Å².